The Labute approximate surface area is 189 Å². The van der Waals surface area contributed by atoms with Gasteiger partial charge in [-0.05, 0) is 49.2 Å². The second-order valence-corrected chi connectivity index (χ2v) is 8.53. The van der Waals surface area contributed by atoms with E-state index in [2.05, 4.69) is 63.8 Å². The number of para-hydroxylation sites is 2. The van der Waals surface area contributed by atoms with Crippen molar-refractivity contribution in [2.75, 3.05) is 0 Å². The quantitative estimate of drug-likeness (QED) is 0.278. The van der Waals surface area contributed by atoms with Gasteiger partial charge in [0.2, 0.25) is 0 Å². The zero-order valence-electron chi connectivity index (χ0n) is 17.9. The van der Waals surface area contributed by atoms with Crippen LogP contribution in [-0.2, 0) is 0 Å². The number of benzene rings is 3. The second-order valence-electron chi connectivity index (χ2n) is 8.53. The van der Waals surface area contributed by atoms with Gasteiger partial charge in [0.05, 0.1) is 27.6 Å². The molecule has 7 rings (SSSR count). The van der Waals surface area contributed by atoms with E-state index in [4.69, 9.17) is 4.98 Å². The van der Waals surface area contributed by atoms with E-state index >= 15 is 0 Å². The third-order valence-corrected chi connectivity index (χ3v) is 6.65. The lowest BCUT2D eigenvalue weighted by molar-refractivity contribution is 0.627. The minimum atomic E-state index is -0.251. The Morgan fingerprint density at radius 2 is 1.55 bits per heavy atom. The van der Waals surface area contributed by atoms with Crippen LogP contribution in [0, 0.1) is 5.82 Å². The molecule has 1 aliphatic rings. The summed E-state index contributed by atoms with van der Waals surface area (Å²) in [6.45, 7) is 0. The molecule has 4 heteroatoms. The molecule has 0 amide bonds. The van der Waals surface area contributed by atoms with Crippen LogP contribution in [0.4, 0.5) is 4.39 Å². The van der Waals surface area contributed by atoms with Crippen molar-refractivity contribution < 1.29 is 4.39 Å². The molecule has 0 unspecified atom stereocenters. The standard InChI is InChI=1S/C29H20FN3/c30-19-9-8-12-21(17-19)33-26-16-7-5-14-23(26)27-29(33)28-24(18-31-27)22-13-4-6-15-25(22)32(28)20-10-2-1-3-11-20/h1-2,4-10,12-18H,3,11H2. The molecule has 6 aromatic rings. The van der Waals surface area contributed by atoms with Gasteiger partial charge in [0.15, 0.2) is 0 Å². The Morgan fingerprint density at radius 1 is 0.758 bits per heavy atom. The Hall–Kier alpha value is -4.18. The van der Waals surface area contributed by atoms with Crippen molar-refractivity contribution in [2.24, 2.45) is 0 Å². The highest BCUT2D eigenvalue weighted by Crippen LogP contribution is 2.41. The van der Waals surface area contributed by atoms with Gasteiger partial charge in [0.1, 0.15) is 5.82 Å². The summed E-state index contributed by atoms with van der Waals surface area (Å²) in [7, 11) is 0. The fourth-order valence-electron chi connectivity index (χ4n) is 5.29. The van der Waals surface area contributed by atoms with E-state index in [0.717, 1.165) is 51.4 Å². The van der Waals surface area contributed by atoms with E-state index in [9.17, 15) is 4.39 Å². The zero-order chi connectivity index (χ0) is 21.9. The molecule has 0 saturated heterocycles. The van der Waals surface area contributed by atoms with E-state index in [1.54, 1.807) is 12.1 Å². The number of rotatable bonds is 2. The van der Waals surface area contributed by atoms with Gasteiger partial charge in [-0.1, -0.05) is 54.6 Å². The summed E-state index contributed by atoms with van der Waals surface area (Å²) in [6.07, 6.45) is 10.5. The number of halogens is 1. The molecule has 0 aliphatic heterocycles. The predicted molar refractivity (Wildman–Crippen MR) is 134 cm³/mol. The molecule has 0 spiro atoms. The maximum atomic E-state index is 14.4. The molecule has 0 fully saturated rings. The van der Waals surface area contributed by atoms with Gasteiger partial charge in [-0.15, -0.1) is 0 Å². The molecule has 3 nitrogen and oxygen atoms in total. The third kappa shape index (κ3) is 2.58. The Bertz CT molecular complexity index is 1780. The molecule has 0 saturated carbocycles. The topological polar surface area (TPSA) is 22.8 Å². The Balaban J connectivity index is 1.77. The number of pyridine rings is 1. The highest BCUT2D eigenvalue weighted by molar-refractivity contribution is 6.22. The maximum absolute atomic E-state index is 14.4. The van der Waals surface area contributed by atoms with Gasteiger partial charge in [-0.25, -0.2) is 4.39 Å². The fourth-order valence-corrected chi connectivity index (χ4v) is 5.29. The monoisotopic (exact) mass is 429 g/mol. The molecule has 158 valence electrons. The smallest absolute Gasteiger partial charge is 0.125 e. The summed E-state index contributed by atoms with van der Waals surface area (Å²) < 4.78 is 18.9. The van der Waals surface area contributed by atoms with E-state index in [0.29, 0.717) is 0 Å². The molecule has 0 N–H and O–H groups in total. The van der Waals surface area contributed by atoms with Gasteiger partial charge in [-0.2, -0.15) is 0 Å². The number of aromatic nitrogens is 3. The number of nitrogens with zero attached hydrogens (tertiary/aromatic N) is 3. The molecule has 3 heterocycles. The fraction of sp³-hybridized carbons (Fsp3) is 0.0690. The molecule has 0 atom stereocenters. The van der Waals surface area contributed by atoms with E-state index in [1.165, 1.54) is 22.7 Å². The summed E-state index contributed by atoms with van der Waals surface area (Å²) in [4.78, 5) is 4.95. The summed E-state index contributed by atoms with van der Waals surface area (Å²) in [5.74, 6) is -0.251. The Morgan fingerprint density at radius 3 is 2.33 bits per heavy atom. The first-order chi connectivity index (χ1) is 16.3. The van der Waals surface area contributed by atoms with E-state index in [-0.39, 0.29) is 5.82 Å². The van der Waals surface area contributed by atoms with Crippen LogP contribution in [-0.4, -0.2) is 14.1 Å². The summed E-state index contributed by atoms with van der Waals surface area (Å²) in [5.41, 5.74) is 7.29. The van der Waals surface area contributed by atoms with Crippen molar-refractivity contribution in [3.8, 4) is 5.69 Å². The van der Waals surface area contributed by atoms with Gasteiger partial charge in [0.25, 0.3) is 0 Å². The van der Waals surface area contributed by atoms with Crippen molar-refractivity contribution in [1.82, 2.24) is 14.1 Å². The lowest BCUT2D eigenvalue weighted by Gasteiger charge is -2.15. The van der Waals surface area contributed by atoms with Gasteiger partial charge in [0, 0.05) is 33.7 Å². The molecule has 3 aromatic carbocycles. The highest BCUT2D eigenvalue weighted by Gasteiger charge is 2.22. The summed E-state index contributed by atoms with van der Waals surface area (Å²) >= 11 is 0. The summed E-state index contributed by atoms with van der Waals surface area (Å²) in [5, 5.41) is 3.34. The van der Waals surface area contributed by atoms with Crippen LogP contribution in [0.1, 0.15) is 12.8 Å². The molecule has 0 bridgehead atoms. The lowest BCUT2D eigenvalue weighted by Crippen LogP contribution is -2.02. The van der Waals surface area contributed by atoms with Crippen LogP contribution in [0.2, 0.25) is 0 Å². The minimum absolute atomic E-state index is 0.251. The van der Waals surface area contributed by atoms with Gasteiger partial charge >= 0.3 is 0 Å². The maximum Gasteiger partial charge on any atom is 0.125 e. The van der Waals surface area contributed by atoms with Crippen LogP contribution in [0.5, 0.6) is 0 Å². The molecular weight excluding hydrogens is 409 g/mol. The molecule has 0 radical (unpaired) electrons. The van der Waals surface area contributed by atoms with Crippen LogP contribution >= 0.6 is 0 Å². The number of hydrogen-bond acceptors (Lipinski definition) is 1. The van der Waals surface area contributed by atoms with Crippen molar-refractivity contribution in [2.45, 2.75) is 12.8 Å². The largest absolute Gasteiger partial charge is 0.311 e. The first-order valence-corrected chi connectivity index (χ1v) is 11.2. The van der Waals surface area contributed by atoms with Crippen molar-refractivity contribution in [1.29, 1.82) is 0 Å². The average Bonchev–Trinajstić information content (AvgIpc) is 3.38. The molecular formula is C29H20FN3. The minimum Gasteiger partial charge on any atom is -0.311 e. The number of hydrogen-bond donors (Lipinski definition) is 0. The number of fused-ring (bicyclic) bond motifs is 7. The zero-order valence-corrected chi connectivity index (χ0v) is 17.9. The van der Waals surface area contributed by atoms with Crippen LogP contribution in [0.3, 0.4) is 0 Å². The normalized spacial score (nSPS) is 14.0. The first-order valence-electron chi connectivity index (χ1n) is 11.2. The molecule has 33 heavy (non-hydrogen) atoms. The first kappa shape index (κ1) is 18.4. The Kier molecular flexibility index (Phi) is 3.85. The third-order valence-electron chi connectivity index (χ3n) is 6.65. The van der Waals surface area contributed by atoms with E-state index < -0.39 is 0 Å². The van der Waals surface area contributed by atoms with Crippen LogP contribution < -0.4 is 0 Å². The summed E-state index contributed by atoms with van der Waals surface area (Å²) in [6, 6.07) is 23.6. The van der Waals surface area contributed by atoms with Crippen molar-refractivity contribution >= 4 is 49.4 Å². The number of allylic oxidation sites excluding steroid dienone is 4. The van der Waals surface area contributed by atoms with Crippen molar-refractivity contribution in [3.63, 3.8) is 0 Å². The predicted octanol–water partition coefficient (Wildman–Crippen LogP) is 7.62. The SMILES string of the molecule is Fc1cccc(-n2c3ccccc3c3ncc4c5ccccc5n(C5=CC=CCC5)c4c32)c1. The molecule has 1 aliphatic carbocycles. The van der Waals surface area contributed by atoms with Crippen LogP contribution in [0.15, 0.2) is 97.2 Å². The van der Waals surface area contributed by atoms with Crippen LogP contribution in [0.25, 0.3) is 55.1 Å². The second kappa shape index (κ2) is 6.91. The van der Waals surface area contributed by atoms with Gasteiger partial charge < -0.3 is 9.13 Å². The molecule has 3 aromatic heterocycles. The van der Waals surface area contributed by atoms with E-state index in [1.807, 2.05) is 24.4 Å². The average molecular weight is 429 g/mol. The van der Waals surface area contributed by atoms with Crippen molar-refractivity contribution in [3.05, 3.63) is 103 Å². The van der Waals surface area contributed by atoms with Gasteiger partial charge in [-0.3, -0.25) is 4.98 Å². The lowest BCUT2D eigenvalue weighted by atomic mass is 10.1. The highest BCUT2D eigenvalue weighted by atomic mass is 19.1.